The van der Waals surface area contributed by atoms with Gasteiger partial charge in [-0.05, 0) is 107 Å². The summed E-state index contributed by atoms with van der Waals surface area (Å²) in [5, 5.41) is 23.8. The molecule has 7 aliphatic rings. The van der Waals surface area contributed by atoms with Gasteiger partial charge in [0.05, 0.1) is 18.4 Å². The molecule has 0 saturated carbocycles. The maximum Gasteiger partial charge on any atom is 0.416 e. The Morgan fingerprint density at radius 3 is 1.39 bits per heavy atom. The number of methoxy groups -OCH3 is 1. The van der Waals surface area contributed by atoms with E-state index in [4.69, 9.17) is 16.3 Å². The van der Waals surface area contributed by atoms with Gasteiger partial charge >= 0.3 is 6.18 Å². The number of piperazine rings is 6. The number of hydrogen-bond donors (Lipinski definition) is 7. The number of nitrogens with zero attached hydrogens (tertiary/aromatic N) is 8. The van der Waals surface area contributed by atoms with Crippen LogP contribution in [0, 0.1) is 12.8 Å². The van der Waals surface area contributed by atoms with Crippen LogP contribution >= 0.6 is 11.6 Å². The van der Waals surface area contributed by atoms with Gasteiger partial charge < -0.3 is 71.4 Å². The number of likely N-dealkylation sites (N-methyl/N-ethyl adjacent to an activating group) is 1. The van der Waals surface area contributed by atoms with E-state index in [1.165, 1.54) is 47.8 Å². The van der Waals surface area contributed by atoms with Crippen LogP contribution in [0.3, 0.4) is 0 Å². The normalized spacial score (nSPS) is 18.1. The van der Waals surface area contributed by atoms with Crippen LogP contribution in [0.15, 0.2) is 146 Å². The second kappa shape index (κ2) is 39.5. The number of aryl methyl sites for hydroxylation is 1. The average Bonchev–Trinajstić information content (AvgIpc) is 3.78. The molecule has 0 bridgehead atoms. The molecule has 0 unspecified atom stereocenters. The van der Waals surface area contributed by atoms with Gasteiger partial charge in [0.2, 0.25) is 5.95 Å². The van der Waals surface area contributed by atoms with Gasteiger partial charge in [0.15, 0.2) is 5.78 Å². The lowest BCUT2D eigenvalue weighted by Crippen LogP contribution is -2.44. The van der Waals surface area contributed by atoms with Crippen LogP contribution in [0.1, 0.15) is 34.3 Å². The minimum absolute atomic E-state index is 0.231. The van der Waals surface area contributed by atoms with Gasteiger partial charge in [-0.2, -0.15) is 13.2 Å². The lowest BCUT2D eigenvalue weighted by atomic mass is 9.89. The number of alkyl halides is 3. The van der Waals surface area contributed by atoms with Crippen molar-refractivity contribution in [3.8, 4) is 5.75 Å². The Balaban J connectivity index is 0.000000149. The van der Waals surface area contributed by atoms with Crippen molar-refractivity contribution < 1.29 is 22.7 Å². The summed E-state index contributed by atoms with van der Waals surface area (Å²) in [7, 11) is 3.88. The molecule has 7 N–H and O–H groups in total. The second-order valence-electron chi connectivity index (χ2n) is 22.6. The summed E-state index contributed by atoms with van der Waals surface area (Å²) in [6.45, 7) is 28.9. The number of para-hydroxylation sites is 3. The van der Waals surface area contributed by atoms with E-state index in [2.05, 4.69) is 127 Å². The van der Waals surface area contributed by atoms with E-state index < -0.39 is 11.7 Å². The fourth-order valence-corrected chi connectivity index (χ4v) is 11.1. The summed E-state index contributed by atoms with van der Waals surface area (Å²) < 4.78 is 42.8. The van der Waals surface area contributed by atoms with E-state index in [0.29, 0.717) is 11.5 Å². The van der Waals surface area contributed by atoms with Crippen LogP contribution in [0.2, 0.25) is 5.02 Å². The molecule has 21 heteroatoms. The second-order valence-corrected chi connectivity index (χ2v) is 23.0. The first-order valence-corrected chi connectivity index (χ1v) is 32.2. The first kappa shape index (κ1) is 69.9. The number of ether oxygens (including phenoxy) is 1. The number of carbonyl (C=O) groups excluding carboxylic acids is 1. The Bertz CT molecular complexity index is 2790. The highest BCUT2D eigenvalue weighted by molar-refractivity contribution is 6.30. The van der Waals surface area contributed by atoms with Crippen LogP contribution in [-0.4, -0.2) is 205 Å². The fourth-order valence-electron chi connectivity index (χ4n) is 10.9. The van der Waals surface area contributed by atoms with Crippen molar-refractivity contribution in [3.05, 3.63) is 168 Å². The summed E-state index contributed by atoms with van der Waals surface area (Å²) >= 11 is 5.92. The predicted molar refractivity (Wildman–Crippen MR) is 361 cm³/mol. The lowest BCUT2D eigenvalue weighted by molar-refractivity contribution is -0.137. The van der Waals surface area contributed by atoms with E-state index in [9.17, 15) is 18.0 Å². The van der Waals surface area contributed by atoms with Crippen LogP contribution in [0.25, 0.3) is 0 Å². The minimum atomic E-state index is -4.26. The van der Waals surface area contributed by atoms with Gasteiger partial charge in [-0.1, -0.05) is 83.9 Å². The summed E-state index contributed by atoms with van der Waals surface area (Å²) in [6.07, 6.45) is 1.26. The Morgan fingerprint density at radius 1 is 0.483 bits per heavy atom. The molecule has 0 spiro atoms. The number of rotatable bonds is 8. The minimum Gasteiger partial charge on any atom is -0.495 e. The van der Waals surface area contributed by atoms with E-state index in [1.54, 1.807) is 25.6 Å². The molecule has 17 nitrogen and oxygen atoms in total. The monoisotopic (exact) mass is 1250 g/mol. The predicted octanol–water partition coefficient (Wildman–Crippen LogP) is 7.65. The van der Waals surface area contributed by atoms with Gasteiger partial charge in [0, 0.05) is 203 Å². The summed E-state index contributed by atoms with van der Waals surface area (Å²) in [5.74, 6) is 2.36. The van der Waals surface area contributed by atoms with Crippen molar-refractivity contribution in [2.24, 2.45) is 5.92 Å². The zero-order chi connectivity index (χ0) is 62.7. The molecule has 1 aromatic heterocycles. The van der Waals surface area contributed by atoms with E-state index in [1.807, 2.05) is 72.5 Å². The highest BCUT2D eigenvalue weighted by atomic mass is 35.5. The number of halogens is 4. The Labute approximate surface area is 532 Å². The molecule has 8 heterocycles. The van der Waals surface area contributed by atoms with Crippen LogP contribution in [0.4, 0.5) is 41.9 Å². The van der Waals surface area contributed by atoms with E-state index >= 15 is 0 Å². The third-order valence-corrected chi connectivity index (χ3v) is 16.3. The molecule has 7 aliphatic heterocycles. The summed E-state index contributed by atoms with van der Waals surface area (Å²) in [6, 6.07) is 42.1. The third kappa shape index (κ3) is 25.3. The molecule has 13 rings (SSSR count). The molecule has 0 aliphatic carbocycles. The smallest absolute Gasteiger partial charge is 0.416 e. The molecular formula is C68H97ClF3N15O2. The molecule has 0 radical (unpaired) electrons. The number of carbonyl (C=O) groups is 1. The zero-order valence-corrected chi connectivity index (χ0v) is 53.4. The largest absolute Gasteiger partial charge is 0.495 e. The average molecular weight is 1250 g/mol. The van der Waals surface area contributed by atoms with Gasteiger partial charge in [0.1, 0.15) is 5.75 Å². The number of piperidine rings is 1. The van der Waals surface area contributed by atoms with Crippen LogP contribution in [-0.2, 0) is 6.18 Å². The Kier molecular flexibility index (Phi) is 31.0. The molecule has 0 amide bonds. The quantitative estimate of drug-likeness (QED) is 0.0746. The highest BCUT2D eigenvalue weighted by Gasteiger charge is 2.31. The Morgan fingerprint density at radius 2 is 0.910 bits per heavy atom. The topological polar surface area (TPSA) is 156 Å². The van der Waals surface area contributed by atoms with Crippen LogP contribution < -0.4 is 66.5 Å². The molecule has 7 saturated heterocycles. The van der Waals surface area contributed by atoms with Crippen molar-refractivity contribution >= 4 is 46.1 Å². The maximum atomic E-state index is 12.5. The number of anilines is 5. The van der Waals surface area contributed by atoms with Gasteiger partial charge in [-0.15, -0.1) is 0 Å². The van der Waals surface area contributed by atoms with Gasteiger partial charge in [0.25, 0.3) is 0 Å². The van der Waals surface area contributed by atoms with Crippen molar-refractivity contribution in [2.45, 2.75) is 25.9 Å². The number of hydrogen-bond acceptors (Lipinski definition) is 17. The maximum absolute atomic E-state index is 12.5. The number of Topliss-reactive ketones (excluding diaryl/α,β-unsaturated/α-hetero) is 1. The van der Waals surface area contributed by atoms with Crippen molar-refractivity contribution in [2.75, 3.05) is 209 Å². The fraction of sp³-hybridized carbons (Fsp3) is 0.485. The van der Waals surface area contributed by atoms with Crippen molar-refractivity contribution in [3.63, 3.8) is 0 Å². The Hall–Kier alpha value is -6.59. The van der Waals surface area contributed by atoms with Gasteiger partial charge in [-0.25, -0.2) is 9.97 Å². The first-order chi connectivity index (χ1) is 43.4. The van der Waals surface area contributed by atoms with Crippen molar-refractivity contribution in [1.29, 1.82) is 0 Å². The van der Waals surface area contributed by atoms with Gasteiger partial charge in [-0.3, -0.25) is 4.79 Å². The van der Waals surface area contributed by atoms with Crippen LogP contribution in [0.5, 0.6) is 5.75 Å². The highest BCUT2D eigenvalue weighted by Crippen LogP contribution is 2.32. The molecule has 484 valence electrons. The first-order valence-electron chi connectivity index (χ1n) is 31.8. The summed E-state index contributed by atoms with van der Waals surface area (Å²) in [4.78, 5) is 34.1. The standard InChI is InChI=1S/C13H17NO.C11H13F3N2.C11H16N2O.C10H13ClN2.C10H14N2.C8H12N4.C5H12N2/c1-10-2-4-11(5-3-10)13(15)12-6-8-14-9-7-12;12-11(13,14)9-2-1-3-10(8-9)16-6-4-15-5-7-16;1-14-11-5-3-2-4-10(11)13-8-6-12-7-9-13;11-9-2-1-3-10(8-9)13-6-4-12-5-7-13;1-2-4-10(5-3-1)12-8-6-11-7-9-12;1-2-10-8(11-3-1)12-6-4-9-5-7-12;1-7-4-2-6-3-5-7/h2-5,12,14H,6-9H2,1H3;1-3,8,15H,4-7H2;2-5,12H,6-9H2,1H3;1-3,8,12H,4-7H2;1-5,11H,6-9H2;1-3,9H,4-7H2;6H,2-5H2,1H3. The SMILES string of the molecule is CN1CCNCC1.COc1ccccc1N1CCNCC1.Cc1ccc(C(=O)C2CCNCC2)cc1.Clc1cccc(N2CCNCC2)c1.FC(F)(F)c1cccc(N2CCNCC2)c1.c1ccc(N2CCNCC2)cc1.c1cnc(N2CCNCC2)nc1. The molecule has 0 atom stereocenters. The van der Waals surface area contributed by atoms with E-state index in [0.717, 1.165) is 198 Å². The molecule has 7 fully saturated rings. The molecule has 5 aromatic carbocycles. The van der Waals surface area contributed by atoms with Crippen molar-refractivity contribution in [1.82, 2.24) is 52.1 Å². The number of aromatic nitrogens is 2. The zero-order valence-electron chi connectivity index (χ0n) is 52.6. The molecule has 6 aromatic rings. The van der Waals surface area contributed by atoms with E-state index in [-0.39, 0.29) is 5.92 Å². The number of benzene rings is 5. The molecular weight excluding hydrogens is 1150 g/mol. The number of nitrogens with one attached hydrogen (secondary N) is 7. The lowest BCUT2D eigenvalue weighted by Gasteiger charge is -2.30. The number of ketones is 1. The molecule has 89 heavy (non-hydrogen) atoms. The summed E-state index contributed by atoms with van der Waals surface area (Å²) in [5.41, 5.74) is 5.92. The third-order valence-electron chi connectivity index (χ3n) is 16.1.